The lowest BCUT2D eigenvalue weighted by Crippen LogP contribution is -2.44. The van der Waals surface area contributed by atoms with Gasteiger partial charge in [-0.05, 0) is 136 Å². The fraction of sp³-hybridized carbons (Fsp3) is 0.630. The molecule has 12 nitrogen and oxygen atoms in total. The van der Waals surface area contributed by atoms with E-state index < -0.39 is 81.9 Å². The molecule has 0 aromatic heterocycles. The second-order valence-corrected chi connectivity index (χ2v) is 32.4. The highest BCUT2D eigenvalue weighted by Crippen LogP contribution is 2.44. The molecule has 0 saturated heterocycles. The number of aliphatic hydroxyl groups excluding tert-OH is 1. The number of aryl methyl sites for hydroxylation is 4. The van der Waals surface area contributed by atoms with E-state index in [1.807, 2.05) is 215 Å². The molecule has 1 atom stereocenters. The number of phenolic OH excluding ortho intramolecular Hbond substituents is 4. The first-order valence-electron chi connectivity index (χ1n) is 30.7. The van der Waals surface area contributed by atoms with E-state index in [1.54, 1.807) is 0 Å². The van der Waals surface area contributed by atoms with E-state index in [1.165, 1.54) is 0 Å². The van der Waals surface area contributed by atoms with E-state index in [4.69, 9.17) is 18.9 Å². The molecular formula is C73H110O12. The Morgan fingerprint density at radius 3 is 0.706 bits per heavy atom. The molecule has 0 amide bonds. The Labute approximate surface area is 511 Å². The van der Waals surface area contributed by atoms with Crippen molar-refractivity contribution in [3.8, 4) is 23.0 Å². The molecule has 0 bridgehead atoms. The van der Waals surface area contributed by atoms with Crippen LogP contribution in [0.3, 0.4) is 0 Å². The number of esters is 3. The average Bonchev–Trinajstić information content (AvgIpc) is 1.83. The highest BCUT2D eigenvalue weighted by molar-refractivity contribution is 5.71. The maximum Gasteiger partial charge on any atom is 0.306 e. The van der Waals surface area contributed by atoms with Gasteiger partial charge in [0.15, 0.2) is 6.29 Å². The number of aromatic hydroxyl groups is 4. The van der Waals surface area contributed by atoms with Crippen LogP contribution in [0, 0.1) is 5.41 Å². The summed E-state index contributed by atoms with van der Waals surface area (Å²) in [5.74, 6) is -0.782. The van der Waals surface area contributed by atoms with E-state index >= 15 is 0 Å². The van der Waals surface area contributed by atoms with Gasteiger partial charge in [0, 0.05) is 25.7 Å². The quantitative estimate of drug-likeness (QED) is 0.0302. The Bertz CT molecular complexity index is 2590. The van der Waals surface area contributed by atoms with Crippen LogP contribution < -0.4 is 0 Å². The highest BCUT2D eigenvalue weighted by Gasteiger charge is 2.39. The Hall–Kier alpha value is -5.59. The molecule has 0 radical (unpaired) electrons. The summed E-state index contributed by atoms with van der Waals surface area (Å²) < 4.78 is 24.7. The number of phenols is 4. The number of hydrogen-bond acceptors (Lipinski definition) is 12. The Kier molecular flexibility index (Phi) is 22.7. The van der Waals surface area contributed by atoms with Gasteiger partial charge in [-0.3, -0.25) is 14.4 Å². The third kappa shape index (κ3) is 20.2. The van der Waals surface area contributed by atoms with Gasteiger partial charge in [0.25, 0.3) is 0 Å². The van der Waals surface area contributed by atoms with Gasteiger partial charge in [0.2, 0.25) is 0 Å². The lowest BCUT2D eigenvalue weighted by molar-refractivity contribution is -0.181. The van der Waals surface area contributed by atoms with E-state index in [9.17, 15) is 39.9 Å². The van der Waals surface area contributed by atoms with Crippen molar-refractivity contribution in [1.82, 2.24) is 0 Å². The van der Waals surface area contributed by atoms with Gasteiger partial charge in [0.05, 0.1) is 12.0 Å². The van der Waals surface area contributed by atoms with Crippen molar-refractivity contribution in [2.24, 2.45) is 5.41 Å². The first-order valence-corrected chi connectivity index (χ1v) is 30.7. The van der Waals surface area contributed by atoms with Gasteiger partial charge < -0.3 is 44.5 Å². The summed E-state index contributed by atoms with van der Waals surface area (Å²) >= 11 is 0. The number of ether oxygens (including phenoxy) is 4. The molecule has 0 aliphatic heterocycles. The SMILES string of the molecule is CC(C)(C)c1cc(CCC(=O)OCC(COC(=O)CCc2cc(C(C)(C)C)c(O)c(C(C)(C)C)c2)(COC(=O)CCc2cc(C(C)(C)C)c(O)c(C(C)(C)C)c2)COC(O)CCc2cc(C(C)(C)C)c(O)c(C(C)(C)C)c2)cc(C(C)(C)C)c1O. The minimum Gasteiger partial charge on any atom is -0.507 e. The number of benzene rings is 4. The summed E-state index contributed by atoms with van der Waals surface area (Å²) in [5, 5.41) is 57.5. The van der Waals surface area contributed by atoms with Crippen molar-refractivity contribution in [3.05, 3.63) is 115 Å². The zero-order valence-corrected chi connectivity index (χ0v) is 56.8. The van der Waals surface area contributed by atoms with Crippen LogP contribution in [0.1, 0.15) is 259 Å². The minimum atomic E-state index is -1.52. The summed E-state index contributed by atoms with van der Waals surface area (Å²) in [6.45, 7) is 47.2. The number of carbonyl (C=O) groups is 3. The number of rotatable bonds is 21. The van der Waals surface area contributed by atoms with Crippen molar-refractivity contribution in [2.75, 3.05) is 26.4 Å². The molecule has 4 aromatic carbocycles. The molecule has 0 heterocycles. The summed E-state index contributed by atoms with van der Waals surface area (Å²) in [7, 11) is 0. The standard InChI is InChI=1S/C73H110O12/c1-65(2,3)49-33-45(34-50(61(49)78)66(4,5)6)25-29-57(74)82-41-73(42-83-58(75)30-26-46-35-51(67(7,8)9)62(79)52(36-46)68(10,11)12,43-84-59(76)31-27-47-37-53(69(13,14)15)63(80)54(38-47)70(16,17)18)44-85-60(77)32-28-48-39-55(71(19,20)21)64(81)56(40-48)72(22,23)24/h33-40,57,74,78-81H,25-32,41-44H2,1-24H3. The zero-order chi connectivity index (χ0) is 65.0. The Morgan fingerprint density at radius 1 is 0.329 bits per heavy atom. The molecule has 0 saturated carbocycles. The van der Waals surface area contributed by atoms with Crippen molar-refractivity contribution in [2.45, 2.75) is 267 Å². The normalized spacial score (nSPS) is 13.7. The zero-order valence-electron chi connectivity index (χ0n) is 56.8. The maximum atomic E-state index is 14.1. The first-order chi connectivity index (χ1) is 38.4. The van der Waals surface area contributed by atoms with Gasteiger partial charge in [0.1, 0.15) is 42.8 Å². The van der Waals surface area contributed by atoms with Crippen molar-refractivity contribution in [1.29, 1.82) is 0 Å². The van der Waals surface area contributed by atoms with Crippen molar-refractivity contribution >= 4 is 17.9 Å². The first kappa shape index (κ1) is 71.9. The van der Waals surface area contributed by atoms with Gasteiger partial charge in [-0.1, -0.05) is 215 Å². The number of hydrogen-bond donors (Lipinski definition) is 5. The Balaban J connectivity index is 1.76. The topological polar surface area (TPSA) is 189 Å². The van der Waals surface area contributed by atoms with E-state index in [2.05, 4.69) is 0 Å². The monoisotopic (exact) mass is 1180 g/mol. The van der Waals surface area contributed by atoms with E-state index in [0.717, 1.165) is 66.8 Å². The van der Waals surface area contributed by atoms with Crippen LogP contribution >= 0.6 is 0 Å². The van der Waals surface area contributed by atoms with Gasteiger partial charge >= 0.3 is 17.9 Å². The maximum absolute atomic E-state index is 14.1. The second-order valence-electron chi connectivity index (χ2n) is 32.4. The predicted octanol–water partition coefficient (Wildman–Crippen LogP) is 15.7. The lowest BCUT2D eigenvalue weighted by Gasteiger charge is -2.33. The molecule has 85 heavy (non-hydrogen) atoms. The third-order valence-corrected chi connectivity index (χ3v) is 15.9. The van der Waals surface area contributed by atoms with Crippen molar-refractivity contribution in [3.63, 3.8) is 0 Å². The van der Waals surface area contributed by atoms with Gasteiger partial charge in [-0.2, -0.15) is 0 Å². The second kappa shape index (κ2) is 26.8. The largest absolute Gasteiger partial charge is 0.507 e. The van der Waals surface area contributed by atoms with Crippen LogP contribution in [-0.2, 0) is 102 Å². The number of aliphatic hydroxyl groups is 1. The predicted molar refractivity (Wildman–Crippen MR) is 343 cm³/mol. The van der Waals surface area contributed by atoms with Crippen LogP contribution in [0.15, 0.2) is 48.5 Å². The van der Waals surface area contributed by atoms with Crippen LogP contribution in [0.25, 0.3) is 0 Å². The summed E-state index contributed by atoms with van der Waals surface area (Å²) in [5.41, 5.74) is 4.97. The molecular weight excluding hydrogens is 1070 g/mol. The van der Waals surface area contributed by atoms with Gasteiger partial charge in [-0.25, -0.2) is 0 Å². The molecule has 474 valence electrons. The molecule has 0 aliphatic rings. The molecule has 0 aliphatic carbocycles. The summed E-state index contributed by atoms with van der Waals surface area (Å²) in [4.78, 5) is 42.3. The number of carbonyl (C=O) groups excluding carboxylic acids is 3. The van der Waals surface area contributed by atoms with E-state index in [0.29, 0.717) is 25.7 Å². The van der Waals surface area contributed by atoms with Crippen LogP contribution in [0.5, 0.6) is 23.0 Å². The third-order valence-electron chi connectivity index (χ3n) is 15.9. The lowest BCUT2D eigenvalue weighted by atomic mass is 9.78. The molecule has 5 N–H and O–H groups in total. The molecule has 4 aromatic rings. The highest BCUT2D eigenvalue weighted by atomic mass is 16.6. The average molecular weight is 1180 g/mol. The summed E-state index contributed by atoms with van der Waals surface area (Å²) in [6.07, 6.45) is -0.130. The Morgan fingerprint density at radius 2 is 0.518 bits per heavy atom. The van der Waals surface area contributed by atoms with Gasteiger partial charge in [-0.15, -0.1) is 0 Å². The fourth-order valence-corrected chi connectivity index (χ4v) is 10.5. The smallest absolute Gasteiger partial charge is 0.306 e. The molecule has 12 heteroatoms. The molecule has 0 fully saturated rings. The van der Waals surface area contributed by atoms with Crippen LogP contribution in [0.2, 0.25) is 0 Å². The molecule has 4 rings (SSSR count). The fourth-order valence-electron chi connectivity index (χ4n) is 10.5. The minimum absolute atomic E-state index is 0.0453. The van der Waals surface area contributed by atoms with Crippen LogP contribution in [0.4, 0.5) is 0 Å². The molecule has 0 spiro atoms. The summed E-state index contributed by atoms with van der Waals surface area (Å²) in [6, 6.07) is 15.5. The molecule has 1 unspecified atom stereocenters. The van der Waals surface area contributed by atoms with Crippen molar-refractivity contribution < 1.29 is 58.9 Å². The van der Waals surface area contributed by atoms with E-state index in [-0.39, 0.29) is 66.1 Å². The van der Waals surface area contributed by atoms with Crippen LogP contribution in [-0.4, -0.2) is 76.2 Å².